The van der Waals surface area contributed by atoms with E-state index in [1.165, 1.54) is 12.5 Å². The number of rotatable bonds is 3. The number of fused-ring (bicyclic) bond motifs is 3. The Kier molecular flexibility index (Phi) is 3.43. The van der Waals surface area contributed by atoms with Crippen molar-refractivity contribution in [2.75, 3.05) is 23.3 Å². The number of hydrogen-bond acceptors (Lipinski definition) is 8. The van der Waals surface area contributed by atoms with Crippen LogP contribution in [0.3, 0.4) is 0 Å². The monoisotopic (exact) mass is 365 g/mol. The summed E-state index contributed by atoms with van der Waals surface area (Å²) in [5, 5.41) is 4.31. The van der Waals surface area contributed by atoms with Gasteiger partial charge in [-0.2, -0.15) is 4.39 Å². The van der Waals surface area contributed by atoms with Crippen LogP contribution in [0.2, 0.25) is 0 Å². The fourth-order valence-corrected chi connectivity index (χ4v) is 3.43. The Balaban J connectivity index is 1.41. The minimum Gasteiger partial charge on any atom is -0.432 e. The Morgan fingerprint density at radius 1 is 1.15 bits per heavy atom. The summed E-state index contributed by atoms with van der Waals surface area (Å²) in [4.78, 5) is 22.9. The molecule has 9 heteroatoms. The Hall–Kier alpha value is -3.36. The summed E-state index contributed by atoms with van der Waals surface area (Å²) in [7, 11) is 0. The topological polar surface area (TPSA) is 92.9 Å². The second-order valence-electron chi connectivity index (χ2n) is 6.71. The second-order valence-corrected chi connectivity index (χ2v) is 6.71. The second kappa shape index (κ2) is 5.83. The summed E-state index contributed by atoms with van der Waals surface area (Å²) in [6.07, 6.45) is 4.08. The number of furan rings is 1. The van der Waals surface area contributed by atoms with Crippen LogP contribution in [0.5, 0.6) is 0 Å². The summed E-state index contributed by atoms with van der Waals surface area (Å²) < 4.78 is 18.9. The van der Waals surface area contributed by atoms with Crippen molar-refractivity contribution in [2.24, 2.45) is 0 Å². The van der Waals surface area contributed by atoms with E-state index in [4.69, 9.17) is 4.42 Å². The minimum absolute atomic E-state index is 0.166. The van der Waals surface area contributed by atoms with Crippen molar-refractivity contribution in [3.63, 3.8) is 0 Å². The van der Waals surface area contributed by atoms with Gasteiger partial charge in [-0.1, -0.05) is 0 Å². The molecule has 0 unspecified atom stereocenters. The zero-order chi connectivity index (χ0) is 18.5. The quantitative estimate of drug-likeness (QED) is 0.592. The van der Waals surface area contributed by atoms with Crippen LogP contribution in [0.25, 0.3) is 22.2 Å². The number of nitrogens with one attached hydrogen (secondary N) is 1. The Morgan fingerprint density at radius 3 is 2.78 bits per heavy atom. The molecule has 0 atom stereocenters. The summed E-state index contributed by atoms with van der Waals surface area (Å²) in [6, 6.07) is 2.18. The van der Waals surface area contributed by atoms with Crippen LogP contribution >= 0.6 is 0 Å². The molecule has 0 aliphatic carbocycles. The molecule has 5 heterocycles. The first kappa shape index (κ1) is 15.9. The summed E-state index contributed by atoms with van der Waals surface area (Å²) in [6.45, 7) is 5.38. The van der Waals surface area contributed by atoms with Gasteiger partial charge in [0.2, 0.25) is 11.7 Å². The number of nitrogens with zero attached hydrogens (tertiary/aromatic N) is 6. The molecule has 1 aliphatic rings. The molecule has 0 amide bonds. The average molecular weight is 365 g/mol. The van der Waals surface area contributed by atoms with Gasteiger partial charge in [0.1, 0.15) is 17.7 Å². The van der Waals surface area contributed by atoms with E-state index in [1.54, 1.807) is 0 Å². The van der Waals surface area contributed by atoms with Crippen molar-refractivity contribution in [3.05, 3.63) is 42.0 Å². The summed E-state index contributed by atoms with van der Waals surface area (Å²) in [5.74, 6) is 0.715. The highest BCUT2D eigenvalue weighted by molar-refractivity contribution is 6.05. The highest BCUT2D eigenvalue weighted by Crippen LogP contribution is 2.32. The van der Waals surface area contributed by atoms with Crippen molar-refractivity contribution in [3.8, 4) is 0 Å². The van der Waals surface area contributed by atoms with Crippen LogP contribution in [0.4, 0.5) is 16.0 Å². The summed E-state index contributed by atoms with van der Waals surface area (Å²) >= 11 is 0. The third-order valence-electron chi connectivity index (χ3n) is 4.70. The third-order valence-corrected chi connectivity index (χ3v) is 4.70. The SMILES string of the molecule is Cc1cc(C)c2c(n1)oc1c(NC3CN(c4cnc(F)cn4)C3)ncnc12. The Morgan fingerprint density at radius 2 is 2.00 bits per heavy atom. The maximum absolute atomic E-state index is 12.9. The lowest BCUT2D eigenvalue weighted by Crippen LogP contribution is -2.55. The van der Waals surface area contributed by atoms with Crippen molar-refractivity contribution in [2.45, 2.75) is 19.9 Å². The van der Waals surface area contributed by atoms with Crippen LogP contribution < -0.4 is 10.2 Å². The zero-order valence-electron chi connectivity index (χ0n) is 14.8. The van der Waals surface area contributed by atoms with Gasteiger partial charge in [-0.3, -0.25) is 0 Å². The van der Waals surface area contributed by atoms with Crippen LogP contribution in [0.1, 0.15) is 11.3 Å². The smallest absolute Gasteiger partial charge is 0.231 e. The molecule has 8 nitrogen and oxygen atoms in total. The normalized spacial score (nSPS) is 14.7. The third kappa shape index (κ3) is 2.62. The lowest BCUT2D eigenvalue weighted by atomic mass is 10.1. The predicted octanol–water partition coefficient (Wildman–Crippen LogP) is 2.62. The van der Waals surface area contributed by atoms with Gasteiger partial charge in [0, 0.05) is 18.8 Å². The minimum atomic E-state index is -0.582. The Bertz CT molecular complexity index is 1150. The van der Waals surface area contributed by atoms with E-state index in [0.717, 1.165) is 28.4 Å². The number of pyridine rings is 1. The Labute approximate surface area is 153 Å². The first-order chi connectivity index (χ1) is 13.1. The van der Waals surface area contributed by atoms with Gasteiger partial charge in [0.05, 0.1) is 23.8 Å². The molecular formula is C18H16FN7O. The first-order valence-corrected chi connectivity index (χ1v) is 8.59. The zero-order valence-corrected chi connectivity index (χ0v) is 14.8. The van der Waals surface area contributed by atoms with E-state index in [-0.39, 0.29) is 6.04 Å². The lowest BCUT2D eigenvalue weighted by molar-refractivity contribution is 0.533. The molecule has 0 saturated carbocycles. The van der Waals surface area contributed by atoms with Crippen LogP contribution in [-0.2, 0) is 0 Å². The maximum atomic E-state index is 12.9. The number of aryl methyl sites for hydroxylation is 2. The fraction of sp³-hybridized carbons (Fsp3) is 0.278. The van der Waals surface area contributed by atoms with Gasteiger partial charge in [-0.25, -0.2) is 24.9 Å². The molecule has 0 spiro atoms. The molecule has 0 bridgehead atoms. The molecule has 1 fully saturated rings. The average Bonchev–Trinajstić information content (AvgIpc) is 2.98. The number of halogens is 1. The molecule has 0 aromatic carbocycles. The van der Waals surface area contributed by atoms with Crippen molar-refractivity contribution >= 4 is 33.8 Å². The van der Waals surface area contributed by atoms with Crippen molar-refractivity contribution < 1.29 is 8.81 Å². The van der Waals surface area contributed by atoms with E-state index in [0.29, 0.717) is 36.0 Å². The fourth-order valence-electron chi connectivity index (χ4n) is 3.43. The predicted molar refractivity (Wildman–Crippen MR) is 98.2 cm³/mol. The lowest BCUT2D eigenvalue weighted by Gasteiger charge is -2.40. The molecule has 5 rings (SSSR count). The van der Waals surface area contributed by atoms with E-state index < -0.39 is 5.95 Å². The van der Waals surface area contributed by atoms with Gasteiger partial charge >= 0.3 is 0 Å². The highest BCUT2D eigenvalue weighted by atomic mass is 19.1. The molecule has 1 saturated heterocycles. The largest absolute Gasteiger partial charge is 0.432 e. The van der Waals surface area contributed by atoms with E-state index >= 15 is 0 Å². The first-order valence-electron chi connectivity index (χ1n) is 8.59. The van der Waals surface area contributed by atoms with Gasteiger partial charge in [0.15, 0.2) is 11.4 Å². The highest BCUT2D eigenvalue weighted by Gasteiger charge is 2.29. The molecule has 4 aromatic rings. The van der Waals surface area contributed by atoms with E-state index in [2.05, 4.69) is 30.2 Å². The number of aromatic nitrogens is 5. The van der Waals surface area contributed by atoms with Crippen LogP contribution in [0.15, 0.2) is 29.2 Å². The van der Waals surface area contributed by atoms with Gasteiger partial charge in [-0.05, 0) is 25.5 Å². The molecular weight excluding hydrogens is 349 g/mol. The molecule has 1 N–H and O–H groups in total. The summed E-state index contributed by atoms with van der Waals surface area (Å²) in [5.41, 5.74) is 3.91. The van der Waals surface area contributed by atoms with Gasteiger partial charge in [0.25, 0.3) is 0 Å². The van der Waals surface area contributed by atoms with Crippen LogP contribution in [0, 0.1) is 19.8 Å². The van der Waals surface area contributed by atoms with Gasteiger partial charge in [-0.15, -0.1) is 0 Å². The molecule has 4 aromatic heterocycles. The number of anilines is 2. The van der Waals surface area contributed by atoms with Crippen molar-refractivity contribution in [1.82, 2.24) is 24.9 Å². The standard InChI is InChI=1S/C18H16FN7O/c1-9-3-10(2)24-18-14(9)15-16(27-18)17(23-8-22-15)25-11-6-26(7-11)13-5-20-12(19)4-21-13/h3-5,8,11H,6-7H2,1-2H3,(H,22,23,25). The molecule has 27 heavy (non-hydrogen) atoms. The van der Waals surface area contributed by atoms with E-state index in [9.17, 15) is 4.39 Å². The molecule has 1 aliphatic heterocycles. The van der Waals surface area contributed by atoms with E-state index in [1.807, 2.05) is 24.8 Å². The van der Waals surface area contributed by atoms with Crippen molar-refractivity contribution in [1.29, 1.82) is 0 Å². The van der Waals surface area contributed by atoms with Gasteiger partial charge < -0.3 is 14.6 Å². The number of hydrogen-bond donors (Lipinski definition) is 1. The molecule has 136 valence electrons. The maximum Gasteiger partial charge on any atom is 0.231 e. The molecule has 0 radical (unpaired) electrons. The van der Waals surface area contributed by atoms with Crippen LogP contribution in [-0.4, -0.2) is 44.1 Å².